The van der Waals surface area contributed by atoms with Crippen molar-refractivity contribution in [3.05, 3.63) is 34.9 Å². The third kappa shape index (κ3) is 3.27. The highest BCUT2D eigenvalue weighted by atomic mass is 35.5. The Labute approximate surface area is 135 Å². The summed E-state index contributed by atoms with van der Waals surface area (Å²) in [6.07, 6.45) is 2.15. The van der Waals surface area contributed by atoms with Crippen molar-refractivity contribution in [3.8, 4) is 0 Å². The molecule has 1 aliphatic heterocycles. The number of nitrogens with zero attached hydrogens (tertiary/aromatic N) is 1. The van der Waals surface area contributed by atoms with Gasteiger partial charge in [-0.3, -0.25) is 0 Å². The van der Waals surface area contributed by atoms with Gasteiger partial charge in [-0.25, -0.2) is 9.79 Å². The van der Waals surface area contributed by atoms with E-state index in [4.69, 9.17) is 16.3 Å². The monoisotopic (exact) mass is 325 g/mol. The lowest BCUT2D eigenvalue weighted by Crippen LogP contribution is -2.36. The number of halogens is 1. The van der Waals surface area contributed by atoms with E-state index in [0.717, 1.165) is 18.6 Å². The van der Waals surface area contributed by atoms with Crippen molar-refractivity contribution in [1.29, 1.82) is 0 Å². The molecule has 1 atom stereocenters. The first-order valence-corrected chi connectivity index (χ1v) is 8.58. The van der Waals surface area contributed by atoms with Crippen LogP contribution in [-0.4, -0.2) is 22.5 Å². The summed E-state index contributed by atoms with van der Waals surface area (Å²) in [6, 6.07) is 7.29. The van der Waals surface area contributed by atoms with Crippen LogP contribution in [0.25, 0.3) is 0 Å². The summed E-state index contributed by atoms with van der Waals surface area (Å²) in [4.78, 5) is 16.2. The standard InChI is InChI=1S/C16H20ClNO2S/c1-4-5-10-21-16(11(2)3)15(19)20-14(18-16)12-8-6-7-9-13(12)17/h6-9,11H,4-5,10H2,1-3H3/t16-/m1/s1. The Morgan fingerprint density at radius 3 is 2.71 bits per heavy atom. The Kier molecular flexibility index (Phi) is 5.33. The maximum atomic E-state index is 12.4. The third-order valence-electron chi connectivity index (χ3n) is 3.46. The van der Waals surface area contributed by atoms with Crippen LogP contribution in [0.2, 0.25) is 5.02 Å². The van der Waals surface area contributed by atoms with Gasteiger partial charge < -0.3 is 4.74 Å². The number of unbranched alkanes of at least 4 members (excludes halogenated alkanes) is 1. The first-order valence-electron chi connectivity index (χ1n) is 7.22. The third-order valence-corrected chi connectivity index (χ3v) is 5.45. The number of esters is 1. The highest BCUT2D eigenvalue weighted by Crippen LogP contribution is 2.41. The Balaban J connectivity index is 2.33. The van der Waals surface area contributed by atoms with E-state index in [9.17, 15) is 4.79 Å². The second kappa shape index (κ2) is 6.84. The van der Waals surface area contributed by atoms with Gasteiger partial charge in [0.25, 0.3) is 0 Å². The molecule has 1 heterocycles. The minimum atomic E-state index is -0.844. The van der Waals surface area contributed by atoms with E-state index in [0.29, 0.717) is 16.5 Å². The zero-order chi connectivity index (χ0) is 15.5. The number of rotatable bonds is 6. The van der Waals surface area contributed by atoms with Crippen molar-refractivity contribution >= 4 is 35.2 Å². The Hall–Kier alpha value is -1.00. The normalized spacial score (nSPS) is 21.6. The molecule has 0 bridgehead atoms. The number of cyclic esters (lactones) is 1. The maximum Gasteiger partial charge on any atom is 0.351 e. The van der Waals surface area contributed by atoms with Gasteiger partial charge in [0.15, 0.2) is 0 Å². The highest BCUT2D eigenvalue weighted by molar-refractivity contribution is 8.01. The molecule has 0 N–H and O–H groups in total. The molecule has 5 heteroatoms. The summed E-state index contributed by atoms with van der Waals surface area (Å²) < 4.78 is 5.44. The molecule has 0 saturated carbocycles. The number of thioether (sulfide) groups is 1. The Morgan fingerprint density at radius 2 is 2.10 bits per heavy atom. The number of carbonyl (C=O) groups excluding carboxylic acids is 1. The fourth-order valence-electron chi connectivity index (χ4n) is 2.12. The van der Waals surface area contributed by atoms with Gasteiger partial charge in [0, 0.05) is 0 Å². The van der Waals surface area contributed by atoms with Crippen molar-refractivity contribution in [2.75, 3.05) is 5.75 Å². The molecule has 0 amide bonds. The number of hydrogen-bond acceptors (Lipinski definition) is 4. The maximum absolute atomic E-state index is 12.4. The summed E-state index contributed by atoms with van der Waals surface area (Å²) in [6.45, 7) is 6.13. The van der Waals surface area contributed by atoms with Crippen molar-refractivity contribution in [1.82, 2.24) is 0 Å². The summed E-state index contributed by atoms with van der Waals surface area (Å²) in [5.74, 6) is 1.01. The minimum Gasteiger partial charge on any atom is -0.405 e. The lowest BCUT2D eigenvalue weighted by Gasteiger charge is -2.25. The largest absolute Gasteiger partial charge is 0.405 e. The van der Waals surface area contributed by atoms with Crippen molar-refractivity contribution in [2.24, 2.45) is 10.9 Å². The lowest BCUT2D eigenvalue weighted by molar-refractivity contribution is -0.137. The van der Waals surface area contributed by atoms with Gasteiger partial charge in [0.1, 0.15) is 0 Å². The first-order chi connectivity index (χ1) is 10.0. The van der Waals surface area contributed by atoms with E-state index in [-0.39, 0.29) is 11.9 Å². The minimum absolute atomic E-state index is 0.0619. The molecule has 3 nitrogen and oxygen atoms in total. The number of ether oxygens (including phenoxy) is 1. The molecule has 0 aliphatic carbocycles. The Morgan fingerprint density at radius 1 is 1.38 bits per heavy atom. The number of hydrogen-bond donors (Lipinski definition) is 0. The van der Waals surface area contributed by atoms with E-state index < -0.39 is 4.87 Å². The lowest BCUT2D eigenvalue weighted by atomic mass is 10.1. The van der Waals surface area contributed by atoms with Crippen LogP contribution in [0, 0.1) is 5.92 Å². The highest BCUT2D eigenvalue weighted by Gasteiger charge is 2.49. The van der Waals surface area contributed by atoms with Crippen LogP contribution in [0.5, 0.6) is 0 Å². The van der Waals surface area contributed by atoms with Gasteiger partial charge in [-0.15, -0.1) is 11.8 Å². The average Bonchev–Trinajstić information content (AvgIpc) is 2.78. The van der Waals surface area contributed by atoms with Crippen molar-refractivity contribution < 1.29 is 9.53 Å². The van der Waals surface area contributed by atoms with Crippen LogP contribution < -0.4 is 0 Å². The molecule has 114 valence electrons. The van der Waals surface area contributed by atoms with Gasteiger partial charge >= 0.3 is 5.97 Å². The fourth-order valence-corrected chi connectivity index (χ4v) is 3.73. The molecule has 0 unspecified atom stereocenters. The van der Waals surface area contributed by atoms with E-state index >= 15 is 0 Å². The SMILES string of the molecule is CCCCS[C@@]1(C(C)C)N=C(c2ccccc2Cl)OC1=O. The average molecular weight is 326 g/mol. The number of benzene rings is 1. The van der Waals surface area contributed by atoms with Crippen LogP contribution in [0.1, 0.15) is 39.2 Å². The number of aliphatic imine (C=N–C) groups is 1. The Bertz CT molecular complexity index is 559. The number of carbonyl (C=O) groups is 1. The summed E-state index contributed by atoms with van der Waals surface area (Å²) in [7, 11) is 0. The molecule has 2 rings (SSSR count). The molecule has 1 aliphatic rings. The van der Waals surface area contributed by atoms with Crippen LogP contribution in [0.3, 0.4) is 0 Å². The van der Waals surface area contributed by atoms with Gasteiger partial charge in [-0.1, -0.05) is 50.9 Å². The van der Waals surface area contributed by atoms with Gasteiger partial charge in [0.2, 0.25) is 10.8 Å². The van der Waals surface area contributed by atoms with E-state index in [1.807, 2.05) is 32.0 Å². The zero-order valence-corrected chi connectivity index (χ0v) is 14.1. The zero-order valence-electron chi connectivity index (χ0n) is 12.6. The second-order valence-corrected chi connectivity index (χ2v) is 7.07. The molecule has 0 radical (unpaired) electrons. The van der Waals surface area contributed by atoms with Crippen LogP contribution in [0.15, 0.2) is 29.3 Å². The van der Waals surface area contributed by atoms with E-state index in [1.54, 1.807) is 17.8 Å². The molecule has 0 aromatic heterocycles. The quantitative estimate of drug-likeness (QED) is 0.569. The molecule has 1 aromatic rings. The molecule has 21 heavy (non-hydrogen) atoms. The van der Waals surface area contributed by atoms with Gasteiger partial charge in [-0.2, -0.15) is 0 Å². The van der Waals surface area contributed by atoms with Gasteiger partial charge in [-0.05, 0) is 30.2 Å². The first kappa shape index (κ1) is 16.4. The summed E-state index contributed by atoms with van der Waals surface area (Å²) >= 11 is 7.74. The van der Waals surface area contributed by atoms with Crippen molar-refractivity contribution in [3.63, 3.8) is 0 Å². The molecule has 0 spiro atoms. The molecule has 0 fully saturated rings. The molecule has 0 saturated heterocycles. The molecular weight excluding hydrogens is 306 g/mol. The fraction of sp³-hybridized carbons (Fsp3) is 0.500. The summed E-state index contributed by atoms with van der Waals surface area (Å²) in [5, 5.41) is 0.544. The molecular formula is C16H20ClNO2S. The topological polar surface area (TPSA) is 38.7 Å². The predicted molar refractivity (Wildman–Crippen MR) is 89.0 cm³/mol. The second-order valence-electron chi connectivity index (χ2n) is 5.34. The van der Waals surface area contributed by atoms with Crippen LogP contribution in [0.4, 0.5) is 0 Å². The van der Waals surface area contributed by atoms with Crippen molar-refractivity contribution in [2.45, 2.75) is 38.5 Å². The summed E-state index contributed by atoms with van der Waals surface area (Å²) in [5.41, 5.74) is 0.672. The van der Waals surface area contributed by atoms with E-state index in [2.05, 4.69) is 11.9 Å². The van der Waals surface area contributed by atoms with Gasteiger partial charge in [0.05, 0.1) is 10.6 Å². The smallest absolute Gasteiger partial charge is 0.351 e. The van der Waals surface area contributed by atoms with E-state index in [1.165, 1.54) is 0 Å². The van der Waals surface area contributed by atoms with Crippen LogP contribution in [-0.2, 0) is 9.53 Å². The molecule has 1 aromatic carbocycles. The van der Waals surface area contributed by atoms with Crippen LogP contribution >= 0.6 is 23.4 Å². The predicted octanol–water partition coefficient (Wildman–Crippen LogP) is 4.53.